The van der Waals surface area contributed by atoms with Gasteiger partial charge in [-0.05, 0) is 54.6 Å². The van der Waals surface area contributed by atoms with E-state index < -0.39 is 0 Å². The Hall–Kier alpha value is -2.48. The van der Waals surface area contributed by atoms with Crippen LogP contribution in [-0.4, -0.2) is 51.7 Å². The fraction of sp³-hybridized carbons (Fsp3) is 0.467. The summed E-state index contributed by atoms with van der Waals surface area (Å²) in [7, 11) is 3.48. The molecule has 1 amide bonds. The molecule has 0 saturated heterocycles. The zero-order valence-corrected chi connectivity index (χ0v) is 13.3. The van der Waals surface area contributed by atoms with Crippen LogP contribution >= 0.6 is 0 Å². The topological polar surface area (TPSA) is 85.2 Å². The standard InChI is InChI=1S/C15H20N6O2/c1-20(9-14-17-18-19-21(14)12-5-6-12)10-15(22)16-11-3-7-13(23-2)8-4-11/h3-4,7-8,12H,5-6,9-10H2,1-2H3,(H,16,22). The molecule has 1 aliphatic carbocycles. The van der Waals surface area contributed by atoms with Crippen LogP contribution in [0.5, 0.6) is 5.75 Å². The van der Waals surface area contributed by atoms with Gasteiger partial charge < -0.3 is 10.1 Å². The van der Waals surface area contributed by atoms with Gasteiger partial charge in [-0.25, -0.2) is 4.68 Å². The number of anilines is 1. The highest BCUT2D eigenvalue weighted by Gasteiger charge is 2.28. The van der Waals surface area contributed by atoms with Crippen LogP contribution in [0.15, 0.2) is 24.3 Å². The van der Waals surface area contributed by atoms with Crippen LogP contribution in [0.4, 0.5) is 5.69 Å². The largest absolute Gasteiger partial charge is 0.497 e. The zero-order chi connectivity index (χ0) is 16.2. The minimum absolute atomic E-state index is 0.0805. The van der Waals surface area contributed by atoms with Crippen molar-refractivity contribution in [2.75, 3.05) is 26.0 Å². The number of carbonyl (C=O) groups excluding carboxylic acids is 1. The molecule has 0 unspecified atom stereocenters. The number of methoxy groups -OCH3 is 1. The van der Waals surface area contributed by atoms with Crippen LogP contribution < -0.4 is 10.1 Å². The Morgan fingerprint density at radius 3 is 2.78 bits per heavy atom. The second-order valence-electron chi connectivity index (χ2n) is 5.72. The van der Waals surface area contributed by atoms with Crippen LogP contribution in [0.3, 0.4) is 0 Å². The van der Waals surface area contributed by atoms with Gasteiger partial charge in [-0.15, -0.1) is 5.10 Å². The maximum absolute atomic E-state index is 12.1. The molecule has 1 saturated carbocycles. The van der Waals surface area contributed by atoms with E-state index in [9.17, 15) is 4.79 Å². The first-order valence-electron chi connectivity index (χ1n) is 7.55. The minimum Gasteiger partial charge on any atom is -0.497 e. The molecule has 0 bridgehead atoms. The van der Waals surface area contributed by atoms with Crippen LogP contribution in [0, 0.1) is 0 Å². The molecule has 0 aliphatic heterocycles. The molecular weight excluding hydrogens is 296 g/mol. The minimum atomic E-state index is -0.0805. The number of rotatable bonds is 7. The highest BCUT2D eigenvalue weighted by molar-refractivity contribution is 5.92. The van der Waals surface area contributed by atoms with Crippen LogP contribution in [0.1, 0.15) is 24.7 Å². The number of amides is 1. The van der Waals surface area contributed by atoms with Crippen molar-refractivity contribution in [2.45, 2.75) is 25.4 Å². The first-order chi connectivity index (χ1) is 11.2. The molecule has 2 aromatic rings. The highest BCUT2D eigenvalue weighted by atomic mass is 16.5. The quantitative estimate of drug-likeness (QED) is 0.823. The Labute approximate surface area is 134 Å². The molecule has 122 valence electrons. The molecule has 1 heterocycles. The summed E-state index contributed by atoms with van der Waals surface area (Å²) in [6.45, 7) is 0.809. The van der Waals surface area contributed by atoms with Crippen molar-refractivity contribution in [2.24, 2.45) is 0 Å². The van der Waals surface area contributed by atoms with Gasteiger partial charge in [-0.1, -0.05) is 0 Å². The third-order valence-electron chi connectivity index (χ3n) is 3.65. The first-order valence-corrected chi connectivity index (χ1v) is 7.55. The van der Waals surface area contributed by atoms with Gasteiger partial charge in [0.15, 0.2) is 5.82 Å². The highest BCUT2D eigenvalue weighted by Crippen LogP contribution is 2.34. The molecule has 0 radical (unpaired) electrons. The Kier molecular flexibility index (Phi) is 4.52. The second-order valence-corrected chi connectivity index (χ2v) is 5.72. The van der Waals surface area contributed by atoms with Gasteiger partial charge in [-0.2, -0.15) is 0 Å². The van der Waals surface area contributed by atoms with E-state index in [1.807, 2.05) is 40.9 Å². The van der Waals surface area contributed by atoms with Crippen molar-refractivity contribution < 1.29 is 9.53 Å². The summed E-state index contributed by atoms with van der Waals surface area (Å²) in [4.78, 5) is 14.0. The van der Waals surface area contributed by atoms with Crippen molar-refractivity contribution in [1.82, 2.24) is 25.1 Å². The number of hydrogen-bond acceptors (Lipinski definition) is 6. The molecule has 23 heavy (non-hydrogen) atoms. The van der Waals surface area contributed by atoms with Gasteiger partial charge in [0, 0.05) is 5.69 Å². The van der Waals surface area contributed by atoms with E-state index in [0.717, 1.165) is 30.1 Å². The Morgan fingerprint density at radius 2 is 2.13 bits per heavy atom. The maximum atomic E-state index is 12.1. The lowest BCUT2D eigenvalue weighted by Gasteiger charge is -2.15. The summed E-state index contributed by atoms with van der Waals surface area (Å²) >= 11 is 0. The summed E-state index contributed by atoms with van der Waals surface area (Å²) < 4.78 is 6.95. The maximum Gasteiger partial charge on any atom is 0.238 e. The summed E-state index contributed by atoms with van der Waals surface area (Å²) in [5, 5.41) is 14.6. The number of hydrogen-bond donors (Lipinski definition) is 1. The van der Waals surface area contributed by atoms with E-state index >= 15 is 0 Å². The molecule has 1 fully saturated rings. The van der Waals surface area contributed by atoms with Crippen molar-refractivity contribution in [1.29, 1.82) is 0 Å². The molecule has 1 N–H and O–H groups in total. The number of ether oxygens (including phenoxy) is 1. The summed E-state index contributed by atoms with van der Waals surface area (Å²) in [5.74, 6) is 1.47. The first kappa shape index (κ1) is 15.4. The second kappa shape index (κ2) is 6.74. The molecule has 8 nitrogen and oxygen atoms in total. The third kappa shape index (κ3) is 4.04. The van der Waals surface area contributed by atoms with E-state index in [0.29, 0.717) is 12.6 Å². The van der Waals surface area contributed by atoms with E-state index in [-0.39, 0.29) is 12.5 Å². The van der Waals surface area contributed by atoms with E-state index in [4.69, 9.17) is 4.74 Å². The number of carbonyl (C=O) groups is 1. The fourth-order valence-electron chi connectivity index (χ4n) is 2.34. The molecule has 1 aromatic carbocycles. The van der Waals surface area contributed by atoms with Gasteiger partial charge in [-0.3, -0.25) is 9.69 Å². The summed E-state index contributed by atoms with van der Waals surface area (Å²) in [5.41, 5.74) is 0.743. The number of nitrogens with zero attached hydrogens (tertiary/aromatic N) is 5. The van der Waals surface area contributed by atoms with Gasteiger partial charge in [0.2, 0.25) is 5.91 Å². The third-order valence-corrected chi connectivity index (χ3v) is 3.65. The summed E-state index contributed by atoms with van der Waals surface area (Å²) in [6, 6.07) is 7.67. The van der Waals surface area contributed by atoms with Crippen molar-refractivity contribution in [3.8, 4) is 5.75 Å². The van der Waals surface area contributed by atoms with Crippen molar-refractivity contribution in [3.05, 3.63) is 30.1 Å². The van der Waals surface area contributed by atoms with Crippen molar-refractivity contribution in [3.63, 3.8) is 0 Å². The lowest BCUT2D eigenvalue weighted by Crippen LogP contribution is -2.30. The van der Waals surface area contributed by atoms with Gasteiger partial charge >= 0.3 is 0 Å². The summed E-state index contributed by atoms with van der Waals surface area (Å²) in [6.07, 6.45) is 2.25. The number of tetrazole rings is 1. The number of likely N-dealkylation sites (N-methyl/N-ethyl adjacent to an activating group) is 1. The Morgan fingerprint density at radius 1 is 1.39 bits per heavy atom. The van der Waals surface area contributed by atoms with Gasteiger partial charge in [0.1, 0.15) is 5.75 Å². The predicted molar refractivity (Wildman–Crippen MR) is 84.0 cm³/mol. The average molecular weight is 316 g/mol. The lowest BCUT2D eigenvalue weighted by molar-refractivity contribution is -0.117. The van der Waals surface area contributed by atoms with E-state index in [2.05, 4.69) is 20.8 Å². The molecule has 0 atom stereocenters. The molecule has 3 rings (SSSR count). The van der Waals surface area contributed by atoms with Crippen LogP contribution in [-0.2, 0) is 11.3 Å². The smallest absolute Gasteiger partial charge is 0.238 e. The number of aromatic nitrogens is 4. The molecular formula is C15H20N6O2. The molecule has 1 aromatic heterocycles. The SMILES string of the molecule is COc1ccc(NC(=O)CN(C)Cc2nnnn2C2CC2)cc1. The monoisotopic (exact) mass is 316 g/mol. The lowest BCUT2D eigenvalue weighted by atomic mass is 10.3. The molecule has 1 aliphatic rings. The van der Waals surface area contributed by atoms with Crippen LogP contribution in [0.2, 0.25) is 0 Å². The number of nitrogens with one attached hydrogen (secondary N) is 1. The molecule has 0 spiro atoms. The Balaban J connectivity index is 1.51. The van der Waals surface area contributed by atoms with E-state index in [1.165, 1.54) is 0 Å². The van der Waals surface area contributed by atoms with Crippen molar-refractivity contribution >= 4 is 11.6 Å². The van der Waals surface area contributed by atoms with Gasteiger partial charge in [0.25, 0.3) is 0 Å². The van der Waals surface area contributed by atoms with E-state index in [1.54, 1.807) is 7.11 Å². The predicted octanol–water partition coefficient (Wildman–Crippen LogP) is 1.09. The Bertz CT molecular complexity index is 665. The fourth-order valence-corrected chi connectivity index (χ4v) is 2.34. The van der Waals surface area contributed by atoms with Crippen LogP contribution in [0.25, 0.3) is 0 Å². The zero-order valence-electron chi connectivity index (χ0n) is 13.3. The average Bonchev–Trinajstić information content (AvgIpc) is 3.28. The number of benzene rings is 1. The molecule has 8 heteroatoms. The van der Waals surface area contributed by atoms with Gasteiger partial charge in [0.05, 0.1) is 26.2 Å². The normalized spacial score (nSPS) is 14.0.